The van der Waals surface area contributed by atoms with Gasteiger partial charge < -0.3 is 19.3 Å². The van der Waals surface area contributed by atoms with Crippen LogP contribution in [0, 0.1) is 13.8 Å². The number of hydrogen-bond donors (Lipinski definition) is 1. The van der Waals surface area contributed by atoms with E-state index in [2.05, 4.69) is 13.5 Å². The molecule has 0 unspecified atom stereocenters. The van der Waals surface area contributed by atoms with Crippen LogP contribution in [-0.2, 0) is 11.3 Å². The number of para-hydroxylation sites is 2. The van der Waals surface area contributed by atoms with Crippen molar-refractivity contribution in [1.82, 2.24) is 14.5 Å². The molecule has 2 aromatic carbocycles. The molecule has 1 amide bonds. The van der Waals surface area contributed by atoms with Gasteiger partial charge in [-0.2, -0.15) is 0 Å². The van der Waals surface area contributed by atoms with E-state index < -0.39 is 6.10 Å². The summed E-state index contributed by atoms with van der Waals surface area (Å²) in [7, 11) is 0. The molecule has 6 heteroatoms. The summed E-state index contributed by atoms with van der Waals surface area (Å²) >= 11 is 0. The van der Waals surface area contributed by atoms with Crippen molar-refractivity contribution in [3.8, 4) is 5.75 Å². The van der Waals surface area contributed by atoms with Crippen LogP contribution in [-0.4, -0.2) is 51.3 Å². The second kappa shape index (κ2) is 8.94. The molecule has 0 bridgehead atoms. The van der Waals surface area contributed by atoms with Gasteiger partial charge in [-0.3, -0.25) is 4.79 Å². The minimum Gasteiger partial charge on any atom is -0.491 e. The van der Waals surface area contributed by atoms with E-state index in [1.807, 2.05) is 54.0 Å². The summed E-state index contributed by atoms with van der Waals surface area (Å²) in [5.41, 5.74) is 4.19. The van der Waals surface area contributed by atoms with E-state index in [0.717, 1.165) is 28.2 Å². The molecule has 2 atom stereocenters. The molecule has 1 aliphatic rings. The maximum Gasteiger partial charge on any atom is 0.223 e. The molecule has 1 N–H and O–H groups in total. The summed E-state index contributed by atoms with van der Waals surface area (Å²) < 4.78 is 7.88. The first-order valence-electron chi connectivity index (χ1n) is 10.7. The zero-order valence-electron chi connectivity index (χ0n) is 18.1. The SMILES string of the molecule is C=CCN1C[C@H](c2nc3ccccc3n2C[C@H](O)COc2ccc(C)c(C)c2)CC1=O. The van der Waals surface area contributed by atoms with Gasteiger partial charge in [-0.1, -0.05) is 24.3 Å². The number of fused-ring (bicyclic) bond motifs is 1. The van der Waals surface area contributed by atoms with Crippen molar-refractivity contribution in [1.29, 1.82) is 0 Å². The van der Waals surface area contributed by atoms with Gasteiger partial charge in [-0.25, -0.2) is 4.98 Å². The Morgan fingerprint density at radius 2 is 2.06 bits per heavy atom. The highest BCUT2D eigenvalue weighted by Crippen LogP contribution is 2.30. The van der Waals surface area contributed by atoms with E-state index in [4.69, 9.17) is 9.72 Å². The van der Waals surface area contributed by atoms with Crippen molar-refractivity contribution >= 4 is 16.9 Å². The number of imidazole rings is 1. The second-order valence-corrected chi connectivity index (χ2v) is 8.27. The fourth-order valence-corrected chi connectivity index (χ4v) is 4.13. The first kappa shape index (κ1) is 21.1. The number of hydrogen-bond acceptors (Lipinski definition) is 4. The van der Waals surface area contributed by atoms with Gasteiger partial charge in [0.05, 0.1) is 17.6 Å². The number of aliphatic hydroxyl groups is 1. The van der Waals surface area contributed by atoms with Crippen LogP contribution in [0.1, 0.15) is 29.3 Å². The molecule has 4 rings (SSSR count). The Morgan fingerprint density at radius 1 is 1.26 bits per heavy atom. The summed E-state index contributed by atoms with van der Waals surface area (Å²) in [5.74, 6) is 1.69. The lowest BCUT2D eigenvalue weighted by atomic mass is 10.1. The molecular formula is C25H29N3O3. The van der Waals surface area contributed by atoms with E-state index >= 15 is 0 Å². The Hall–Kier alpha value is -3.12. The lowest BCUT2D eigenvalue weighted by Gasteiger charge is -2.18. The first-order valence-corrected chi connectivity index (χ1v) is 10.7. The maximum atomic E-state index is 12.4. The lowest BCUT2D eigenvalue weighted by molar-refractivity contribution is -0.127. The van der Waals surface area contributed by atoms with Crippen LogP contribution in [0.25, 0.3) is 11.0 Å². The number of nitrogens with zero attached hydrogens (tertiary/aromatic N) is 3. The average molecular weight is 420 g/mol. The van der Waals surface area contributed by atoms with Crippen LogP contribution in [0.3, 0.4) is 0 Å². The summed E-state index contributed by atoms with van der Waals surface area (Å²) in [4.78, 5) is 19.0. The van der Waals surface area contributed by atoms with Gasteiger partial charge in [0.1, 0.15) is 24.3 Å². The maximum absolute atomic E-state index is 12.4. The minimum absolute atomic E-state index is 0.00674. The predicted molar refractivity (Wildman–Crippen MR) is 121 cm³/mol. The fraction of sp³-hybridized carbons (Fsp3) is 0.360. The summed E-state index contributed by atoms with van der Waals surface area (Å²) in [6.07, 6.45) is 1.46. The monoisotopic (exact) mass is 419 g/mol. The lowest BCUT2D eigenvalue weighted by Crippen LogP contribution is -2.26. The molecular weight excluding hydrogens is 390 g/mol. The number of aryl methyl sites for hydroxylation is 2. The van der Waals surface area contributed by atoms with Crippen molar-refractivity contribution in [2.75, 3.05) is 19.7 Å². The highest BCUT2D eigenvalue weighted by atomic mass is 16.5. The van der Waals surface area contributed by atoms with Crippen molar-refractivity contribution in [2.45, 2.75) is 38.8 Å². The number of benzene rings is 2. The Kier molecular flexibility index (Phi) is 6.09. The Balaban J connectivity index is 1.53. The Labute approximate surface area is 182 Å². The molecule has 2 heterocycles. The number of rotatable bonds is 8. The number of carbonyl (C=O) groups excluding carboxylic acids is 1. The van der Waals surface area contributed by atoms with Gasteiger partial charge in [-0.15, -0.1) is 6.58 Å². The smallest absolute Gasteiger partial charge is 0.223 e. The molecule has 1 fully saturated rings. The largest absolute Gasteiger partial charge is 0.491 e. The molecule has 0 aliphatic carbocycles. The molecule has 0 spiro atoms. The normalized spacial score (nSPS) is 17.3. The van der Waals surface area contributed by atoms with Crippen LogP contribution in [0.15, 0.2) is 55.1 Å². The molecule has 1 aliphatic heterocycles. The highest BCUT2D eigenvalue weighted by molar-refractivity contribution is 5.81. The van der Waals surface area contributed by atoms with Crippen molar-refractivity contribution in [3.05, 3.63) is 72.1 Å². The third kappa shape index (κ3) is 4.49. The number of aromatic nitrogens is 2. The van der Waals surface area contributed by atoms with Gasteiger partial charge in [0.15, 0.2) is 0 Å². The van der Waals surface area contributed by atoms with E-state index in [-0.39, 0.29) is 18.4 Å². The number of aliphatic hydroxyl groups excluding tert-OH is 1. The van der Waals surface area contributed by atoms with E-state index in [1.165, 1.54) is 5.56 Å². The molecule has 162 valence electrons. The average Bonchev–Trinajstić information content (AvgIpc) is 3.30. The van der Waals surface area contributed by atoms with Gasteiger partial charge in [0, 0.05) is 25.4 Å². The molecule has 31 heavy (non-hydrogen) atoms. The highest BCUT2D eigenvalue weighted by Gasteiger charge is 2.33. The molecule has 3 aromatic rings. The van der Waals surface area contributed by atoms with E-state index in [9.17, 15) is 9.90 Å². The van der Waals surface area contributed by atoms with Crippen molar-refractivity contribution in [2.24, 2.45) is 0 Å². The van der Waals surface area contributed by atoms with Crippen molar-refractivity contribution < 1.29 is 14.6 Å². The van der Waals surface area contributed by atoms with Crippen molar-refractivity contribution in [3.63, 3.8) is 0 Å². The summed E-state index contributed by atoms with van der Waals surface area (Å²) in [6.45, 7) is 9.54. The first-order chi connectivity index (χ1) is 15.0. The molecule has 6 nitrogen and oxygen atoms in total. The standard InChI is InChI=1S/C25H29N3O3/c1-4-11-27-14-19(13-24(27)30)25-26-22-7-5-6-8-23(22)28(25)15-20(29)16-31-21-10-9-17(2)18(3)12-21/h4-10,12,19-20,29H,1,11,13-16H2,2-3H3/t19-,20+/m1/s1. The third-order valence-electron chi connectivity index (χ3n) is 5.93. The number of likely N-dealkylation sites (tertiary alicyclic amines) is 1. The van der Waals surface area contributed by atoms with E-state index in [0.29, 0.717) is 26.1 Å². The summed E-state index contributed by atoms with van der Waals surface area (Å²) in [5, 5.41) is 10.8. The number of amides is 1. The van der Waals surface area contributed by atoms with Crippen LogP contribution in [0.2, 0.25) is 0 Å². The van der Waals surface area contributed by atoms with Crippen LogP contribution < -0.4 is 4.74 Å². The molecule has 1 saturated heterocycles. The van der Waals surface area contributed by atoms with Crippen LogP contribution in [0.5, 0.6) is 5.75 Å². The van der Waals surface area contributed by atoms with Crippen LogP contribution >= 0.6 is 0 Å². The Morgan fingerprint density at radius 3 is 2.84 bits per heavy atom. The van der Waals surface area contributed by atoms with E-state index in [1.54, 1.807) is 11.0 Å². The van der Waals surface area contributed by atoms with Gasteiger partial charge in [-0.05, 0) is 49.2 Å². The quantitative estimate of drug-likeness (QED) is 0.567. The molecule has 0 saturated carbocycles. The number of ether oxygens (including phenoxy) is 1. The zero-order chi connectivity index (χ0) is 22.0. The van der Waals surface area contributed by atoms with Gasteiger partial charge in [0.25, 0.3) is 0 Å². The van der Waals surface area contributed by atoms with Crippen LogP contribution in [0.4, 0.5) is 0 Å². The topological polar surface area (TPSA) is 67.6 Å². The number of carbonyl (C=O) groups is 1. The third-order valence-corrected chi connectivity index (χ3v) is 5.93. The fourth-order valence-electron chi connectivity index (χ4n) is 4.13. The van der Waals surface area contributed by atoms with Gasteiger partial charge in [0.2, 0.25) is 5.91 Å². The molecule has 1 aromatic heterocycles. The van der Waals surface area contributed by atoms with Gasteiger partial charge >= 0.3 is 0 Å². The minimum atomic E-state index is -0.709. The zero-order valence-corrected chi connectivity index (χ0v) is 18.1. The second-order valence-electron chi connectivity index (χ2n) is 8.27. The summed E-state index contributed by atoms with van der Waals surface area (Å²) in [6, 6.07) is 13.8. The predicted octanol–water partition coefficient (Wildman–Crippen LogP) is 3.59. The molecule has 0 radical (unpaired) electrons. The Bertz CT molecular complexity index is 1100.